The van der Waals surface area contributed by atoms with E-state index < -0.39 is 10.0 Å². The maximum Gasteiger partial charge on any atom is 0.209 e. The lowest BCUT2D eigenvalue weighted by Gasteiger charge is -2.01. The Morgan fingerprint density at radius 1 is 1.54 bits per heavy atom. The fourth-order valence-electron chi connectivity index (χ4n) is 0.746. The lowest BCUT2D eigenvalue weighted by atomic mass is 10.3. The molecule has 72 valence electrons. The lowest BCUT2D eigenvalue weighted by Crippen LogP contribution is -2.21. The zero-order valence-electron chi connectivity index (χ0n) is 7.19. The van der Waals surface area contributed by atoms with Gasteiger partial charge in [0.25, 0.3) is 0 Å². The molecule has 1 aromatic heterocycles. The average molecular weight is 201 g/mol. The molecule has 0 aromatic carbocycles. The van der Waals surface area contributed by atoms with Crippen LogP contribution in [0.25, 0.3) is 0 Å². The van der Waals surface area contributed by atoms with E-state index in [1.165, 1.54) is 6.20 Å². The zero-order valence-corrected chi connectivity index (χ0v) is 8.00. The van der Waals surface area contributed by atoms with Gasteiger partial charge < -0.3 is 5.73 Å². The van der Waals surface area contributed by atoms with Crippen LogP contribution in [-0.4, -0.2) is 19.7 Å². The zero-order chi connectivity index (χ0) is 9.90. The van der Waals surface area contributed by atoms with Crippen molar-refractivity contribution in [3.8, 4) is 0 Å². The highest BCUT2D eigenvalue weighted by molar-refractivity contribution is 7.88. The number of nitrogens with zero attached hydrogens (tertiary/aromatic N) is 1. The Bertz CT molecular complexity index is 371. The normalized spacial score (nSPS) is 11.5. The minimum absolute atomic E-state index is 0.194. The first-order chi connectivity index (χ1) is 5.97. The van der Waals surface area contributed by atoms with E-state index in [4.69, 9.17) is 5.73 Å². The van der Waals surface area contributed by atoms with E-state index in [0.29, 0.717) is 11.4 Å². The van der Waals surface area contributed by atoms with Crippen molar-refractivity contribution in [2.45, 2.75) is 6.54 Å². The van der Waals surface area contributed by atoms with Crippen LogP contribution in [0.2, 0.25) is 0 Å². The van der Waals surface area contributed by atoms with Crippen LogP contribution in [-0.2, 0) is 16.6 Å². The van der Waals surface area contributed by atoms with E-state index in [9.17, 15) is 8.42 Å². The second-order valence-corrected chi connectivity index (χ2v) is 4.51. The van der Waals surface area contributed by atoms with Crippen molar-refractivity contribution >= 4 is 15.7 Å². The molecule has 0 unspecified atom stereocenters. The van der Waals surface area contributed by atoms with Gasteiger partial charge in [0.2, 0.25) is 10.0 Å². The second-order valence-electron chi connectivity index (χ2n) is 2.68. The number of hydrogen-bond donors (Lipinski definition) is 2. The number of nitrogens with two attached hydrogens (primary N) is 1. The molecule has 0 radical (unpaired) electrons. The molecular formula is C7H11N3O2S. The van der Waals surface area contributed by atoms with Crippen LogP contribution in [0, 0.1) is 0 Å². The van der Waals surface area contributed by atoms with Crippen molar-refractivity contribution in [2.75, 3.05) is 12.0 Å². The number of aromatic nitrogens is 1. The molecule has 1 rings (SSSR count). The standard InChI is InChI=1S/C7H11N3O2S/c1-13(11,12)10-5-7-3-2-6(8)4-9-7/h2-4,10H,5,8H2,1H3. The molecule has 1 heterocycles. The number of sulfonamides is 1. The molecule has 3 N–H and O–H groups in total. The van der Waals surface area contributed by atoms with Crippen LogP contribution in [0.1, 0.15) is 5.69 Å². The number of nitrogen functional groups attached to an aromatic ring is 1. The van der Waals surface area contributed by atoms with Gasteiger partial charge in [-0.3, -0.25) is 4.98 Å². The Morgan fingerprint density at radius 3 is 2.69 bits per heavy atom. The SMILES string of the molecule is CS(=O)(=O)NCc1ccc(N)cn1. The molecule has 5 nitrogen and oxygen atoms in total. The summed E-state index contributed by atoms with van der Waals surface area (Å²) in [5, 5.41) is 0. The summed E-state index contributed by atoms with van der Waals surface area (Å²) in [5.74, 6) is 0. The van der Waals surface area contributed by atoms with Gasteiger partial charge in [0.1, 0.15) is 0 Å². The Balaban J connectivity index is 2.61. The maximum absolute atomic E-state index is 10.7. The van der Waals surface area contributed by atoms with Gasteiger partial charge in [-0.05, 0) is 12.1 Å². The molecule has 13 heavy (non-hydrogen) atoms. The third-order valence-electron chi connectivity index (χ3n) is 1.36. The number of pyridine rings is 1. The van der Waals surface area contributed by atoms with E-state index >= 15 is 0 Å². The first-order valence-corrected chi connectivity index (χ1v) is 5.51. The maximum atomic E-state index is 10.7. The van der Waals surface area contributed by atoms with Gasteiger partial charge in [-0.2, -0.15) is 0 Å². The van der Waals surface area contributed by atoms with Crippen LogP contribution in [0.4, 0.5) is 5.69 Å². The Morgan fingerprint density at radius 2 is 2.23 bits per heavy atom. The van der Waals surface area contributed by atoms with Crippen molar-refractivity contribution in [3.63, 3.8) is 0 Å². The lowest BCUT2D eigenvalue weighted by molar-refractivity contribution is 0.586. The number of nitrogens with one attached hydrogen (secondary N) is 1. The van der Waals surface area contributed by atoms with Crippen molar-refractivity contribution in [1.29, 1.82) is 0 Å². The van der Waals surface area contributed by atoms with Gasteiger partial charge in [0.05, 0.1) is 30.4 Å². The van der Waals surface area contributed by atoms with E-state index in [1.54, 1.807) is 12.1 Å². The molecule has 0 amide bonds. The van der Waals surface area contributed by atoms with Crippen molar-refractivity contribution in [2.24, 2.45) is 0 Å². The first kappa shape index (κ1) is 9.94. The van der Waals surface area contributed by atoms with E-state index in [1.807, 2.05) is 0 Å². The summed E-state index contributed by atoms with van der Waals surface area (Å²) < 4.78 is 23.7. The first-order valence-electron chi connectivity index (χ1n) is 3.62. The summed E-state index contributed by atoms with van der Waals surface area (Å²) in [4.78, 5) is 3.93. The molecule has 0 spiro atoms. The average Bonchev–Trinajstić information content (AvgIpc) is 2.02. The Kier molecular flexibility index (Phi) is 2.84. The topological polar surface area (TPSA) is 85.1 Å². The fourth-order valence-corrected chi connectivity index (χ4v) is 1.16. The monoisotopic (exact) mass is 201 g/mol. The minimum Gasteiger partial charge on any atom is -0.397 e. The van der Waals surface area contributed by atoms with Gasteiger partial charge in [0.15, 0.2) is 0 Å². The van der Waals surface area contributed by atoms with Crippen molar-refractivity contribution in [1.82, 2.24) is 9.71 Å². The minimum atomic E-state index is -3.15. The van der Waals surface area contributed by atoms with Crippen LogP contribution >= 0.6 is 0 Å². The third-order valence-corrected chi connectivity index (χ3v) is 2.03. The molecular weight excluding hydrogens is 190 g/mol. The van der Waals surface area contributed by atoms with E-state index in [2.05, 4.69) is 9.71 Å². The fraction of sp³-hybridized carbons (Fsp3) is 0.286. The van der Waals surface area contributed by atoms with E-state index in [-0.39, 0.29) is 6.54 Å². The number of anilines is 1. The van der Waals surface area contributed by atoms with Gasteiger partial charge in [-0.15, -0.1) is 0 Å². The Hall–Kier alpha value is -1.14. The highest BCUT2D eigenvalue weighted by Gasteiger charge is 2.00. The molecule has 0 aliphatic rings. The molecule has 0 saturated heterocycles. The largest absolute Gasteiger partial charge is 0.397 e. The summed E-state index contributed by atoms with van der Waals surface area (Å²) in [7, 11) is -3.15. The summed E-state index contributed by atoms with van der Waals surface area (Å²) in [6.45, 7) is 0.194. The van der Waals surface area contributed by atoms with Gasteiger partial charge in [-0.25, -0.2) is 13.1 Å². The summed E-state index contributed by atoms with van der Waals surface area (Å²) in [6.07, 6.45) is 2.59. The summed E-state index contributed by atoms with van der Waals surface area (Å²) >= 11 is 0. The highest BCUT2D eigenvalue weighted by atomic mass is 32.2. The highest BCUT2D eigenvalue weighted by Crippen LogP contribution is 2.00. The van der Waals surface area contributed by atoms with Gasteiger partial charge in [0, 0.05) is 0 Å². The molecule has 1 aromatic rings. The predicted molar refractivity (Wildman–Crippen MR) is 50.3 cm³/mol. The smallest absolute Gasteiger partial charge is 0.209 e. The van der Waals surface area contributed by atoms with Crippen molar-refractivity contribution < 1.29 is 8.42 Å². The number of rotatable bonds is 3. The third kappa shape index (κ3) is 3.86. The van der Waals surface area contributed by atoms with Gasteiger partial charge in [-0.1, -0.05) is 0 Å². The Labute approximate surface area is 77.0 Å². The summed E-state index contributed by atoms with van der Waals surface area (Å²) in [6, 6.07) is 3.35. The second kappa shape index (κ2) is 3.71. The molecule has 6 heteroatoms. The van der Waals surface area contributed by atoms with Crippen LogP contribution < -0.4 is 10.5 Å². The molecule has 0 fully saturated rings. The predicted octanol–water partition coefficient (Wildman–Crippen LogP) is -0.287. The van der Waals surface area contributed by atoms with Gasteiger partial charge >= 0.3 is 0 Å². The molecule has 0 bridgehead atoms. The summed E-state index contributed by atoms with van der Waals surface area (Å²) in [5.41, 5.74) is 6.60. The molecule has 0 aliphatic heterocycles. The number of hydrogen-bond acceptors (Lipinski definition) is 4. The molecule has 0 saturated carbocycles. The molecule has 0 atom stereocenters. The van der Waals surface area contributed by atoms with Crippen LogP contribution in [0.5, 0.6) is 0 Å². The molecule has 0 aliphatic carbocycles. The van der Waals surface area contributed by atoms with Crippen molar-refractivity contribution in [3.05, 3.63) is 24.0 Å². The van der Waals surface area contributed by atoms with Crippen LogP contribution in [0.15, 0.2) is 18.3 Å². The van der Waals surface area contributed by atoms with E-state index in [0.717, 1.165) is 6.26 Å². The van der Waals surface area contributed by atoms with Crippen LogP contribution in [0.3, 0.4) is 0 Å². The quantitative estimate of drug-likeness (QED) is 0.704.